The van der Waals surface area contributed by atoms with E-state index in [4.69, 9.17) is 0 Å². The third-order valence-corrected chi connectivity index (χ3v) is 6.93. The zero-order chi connectivity index (χ0) is 20.2. The SMILES string of the molecule is CCC(C)NC(=O)CCc1nc2cc(S(=O)(=O)N(CC)CC)ccc2n1C. The lowest BCUT2D eigenvalue weighted by Gasteiger charge is -2.18. The number of amides is 1. The fourth-order valence-electron chi connectivity index (χ4n) is 3.00. The van der Waals surface area contributed by atoms with Crippen LogP contribution < -0.4 is 5.32 Å². The first-order valence-electron chi connectivity index (χ1n) is 9.49. The topological polar surface area (TPSA) is 84.3 Å². The Kier molecular flexibility index (Phi) is 7.00. The lowest BCUT2D eigenvalue weighted by Crippen LogP contribution is -2.32. The Bertz CT molecular complexity index is 901. The number of nitrogens with zero attached hydrogens (tertiary/aromatic N) is 3. The highest BCUT2D eigenvalue weighted by Crippen LogP contribution is 2.22. The van der Waals surface area contributed by atoms with Crippen LogP contribution in [0.15, 0.2) is 23.1 Å². The second kappa shape index (κ2) is 8.84. The number of hydrogen-bond donors (Lipinski definition) is 1. The fourth-order valence-corrected chi connectivity index (χ4v) is 4.48. The Hall–Kier alpha value is -1.93. The predicted octanol–water partition coefficient (Wildman–Crippen LogP) is 2.45. The molecule has 150 valence electrons. The van der Waals surface area contributed by atoms with Crippen LogP contribution in [0, 0.1) is 0 Å². The zero-order valence-electron chi connectivity index (χ0n) is 16.8. The number of nitrogens with one attached hydrogen (secondary N) is 1. The highest BCUT2D eigenvalue weighted by molar-refractivity contribution is 7.89. The summed E-state index contributed by atoms with van der Waals surface area (Å²) >= 11 is 0. The van der Waals surface area contributed by atoms with Crippen molar-refractivity contribution in [3.8, 4) is 0 Å². The summed E-state index contributed by atoms with van der Waals surface area (Å²) in [6, 6.07) is 5.18. The molecule has 1 aromatic heterocycles. The molecule has 2 aromatic rings. The summed E-state index contributed by atoms with van der Waals surface area (Å²) in [6.07, 6.45) is 1.75. The van der Waals surface area contributed by atoms with Crippen molar-refractivity contribution in [1.29, 1.82) is 0 Å². The smallest absolute Gasteiger partial charge is 0.243 e. The summed E-state index contributed by atoms with van der Waals surface area (Å²) < 4.78 is 28.8. The molecule has 1 N–H and O–H groups in total. The van der Waals surface area contributed by atoms with Gasteiger partial charge in [0.15, 0.2) is 0 Å². The first-order chi connectivity index (χ1) is 12.7. The number of aromatic nitrogens is 2. The van der Waals surface area contributed by atoms with E-state index >= 15 is 0 Å². The standard InChI is InChI=1S/C19H30N4O3S/c1-6-14(4)20-19(24)12-11-18-21-16-13-15(9-10-17(16)22(18)5)27(25,26)23(7-2)8-3/h9-10,13-14H,6-8,11-12H2,1-5H3,(H,20,24). The van der Waals surface area contributed by atoms with Gasteiger partial charge < -0.3 is 9.88 Å². The molecular weight excluding hydrogens is 364 g/mol. The maximum atomic E-state index is 12.7. The highest BCUT2D eigenvalue weighted by atomic mass is 32.2. The Labute approximate surface area is 161 Å². The van der Waals surface area contributed by atoms with Crippen LogP contribution in [-0.2, 0) is 28.3 Å². The maximum absolute atomic E-state index is 12.7. The molecule has 1 unspecified atom stereocenters. The number of carbonyl (C=O) groups is 1. The van der Waals surface area contributed by atoms with Crippen molar-refractivity contribution < 1.29 is 13.2 Å². The molecule has 0 aliphatic carbocycles. The number of sulfonamides is 1. The van der Waals surface area contributed by atoms with E-state index in [-0.39, 0.29) is 16.8 Å². The normalized spacial score (nSPS) is 13.3. The first-order valence-corrected chi connectivity index (χ1v) is 10.9. The van der Waals surface area contributed by atoms with Gasteiger partial charge in [0.05, 0.1) is 15.9 Å². The predicted molar refractivity (Wildman–Crippen MR) is 107 cm³/mol. The van der Waals surface area contributed by atoms with Gasteiger partial charge in [-0.2, -0.15) is 4.31 Å². The van der Waals surface area contributed by atoms with E-state index in [1.54, 1.807) is 18.2 Å². The zero-order valence-corrected chi connectivity index (χ0v) is 17.6. The minimum Gasteiger partial charge on any atom is -0.354 e. The Morgan fingerprint density at radius 1 is 1.26 bits per heavy atom. The average molecular weight is 395 g/mol. The fraction of sp³-hybridized carbons (Fsp3) is 0.579. The minimum absolute atomic E-state index is 0.00112. The molecule has 0 saturated heterocycles. The molecule has 1 aromatic carbocycles. The van der Waals surface area contributed by atoms with Gasteiger partial charge in [-0.05, 0) is 31.5 Å². The van der Waals surface area contributed by atoms with Gasteiger partial charge in [0, 0.05) is 39.0 Å². The van der Waals surface area contributed by atoms with E-state index in [0.717, 1.165) is 17.8 Å². The number of hydrogen-bond acceptors (Lipinski definition) is 4. The number of benzene rings is 1. The molecule has 0 bridgehead atoms. The lowest BCUT2D eigenvalue weighted by molar-refractivity contribution is -0.121. The van der Waals surface area contributed by atoms with Crippen molar-refractivity contribution in [3.05, 3.63) is 24.0 Å². The van der Waals surface area contributed by atoms with Crippen LogP contribution in [0.2, 0.25) is 0 Å². The molecule has 0 saturated carbocycles. The van der Waals surface area contributed by atoms with E-state index < -0.39 is 10.0 Å². The number of fused-ring (bicyclic) bond motifs is 1. The second-order valence-electron chi connectivity index (χ2n) is 6.70. The molecule has 0 fully saturated rings. The molecule has 0 aliphatic heterocycles. The third kappa shape index (κ3) is 4.68. The molecular formula is C19H30N4O3S. The van der Waals surface area contributed by atoms with E-state index in [2.05, 4.69) is 10.3 Å². The molecule has 0 aliphatic rings. The van der Waals surface area contributed by atoms with Crippen molar-refractivity contribution in [3.63, 3.8) is 0 Å². The van der Waals surface area contributed by atoms with E-state index in [9.17, 15) is 13.2 Å². The quantitative estimate of drug-likeness (QED) is 0.708. The lowest BCUT2D eigenvalue weighted by atomic mass is 10.2. The highest BCUT2D eigenvalue weighted by Gasteiger charge is 2.22. The van der Waals surface area contributed by atoms with Crippen molar-refractivity contribution in [2.45, 2.75) is 57.9 Å². The minimum atomic E-state index is -3.52. The van der Waals surface area contributed by atoms with Crippen molar-refractivity contribution in [2.24, 2.45) is 7.05 Å². The number of rotatable bonds is 9. The Morgan fingerprint density at radius 2 is 1.93 bits per heavy atom. The van der Waals surface area contributed by atoms with Crippen LogP contribution in [0.4, 0.5) is 0 Å². The van der Waals surface area contributed by atoms with Gasteiger partial charge in [0.2, 0.25) is 15.9 Å². The molecule has 7 nitrogen and oxygen atoms in total. The molecule has 8 heteroatoms. The third-order valence-electron chi connectivity index (χ3n) is 4.88. The summed E-state index contributed by atoms with van der Waals surface area (Å²) in [6.45, 7) is 8.50. The van der Waals surface area contributed by atoms with Gasteiger partial charge in [-0.1, -0.05) is 20.8 Å². The molecule has 2 rings (SSSR count). The number of carbonyl (C=O) groups excluding carboxylic acids is 1. The Morgan fingerprint density at radius 3 is 2.52 bits per heavy atom. The van der Waals surface area contributed by atoms with E-state index in [1.165, 1.54) is 4.31 Å². The summed E-state index contributed by atoms with van der Waals surface area (Å²) in [5.74, 6) is 0.767. The number of aryl methyl sites for hydroxylation is 2. The molecule has 1 heterocycles. The van der Waals surface area contributed by atoms with Gasteiger partial charge in [0.1, 0.15) is 5.82 Å². The molecule has 1 atom stereocenters. The Balaban J connectivity index is 2.25. The van der Waals surface area contributed by atoms with Gasteiger partial charge in [-0.3, -0.25) is 4.79 Å². The summed E-state index contributed by atoms with van der Waals surface area (Å²) in [7, 11) is -1.63. The van der Waals surface area contributed by atoms with Crippen LogP contribution in [0.25, 0.3) is 11.0 Å². The first kappa shape index (κ1) is 21.4. The van der Waals surface area contributed by atoms with Gasteiger partial charge >= 0.3 is 0 Å². The second-order valence-corrected chi connectivity index (χ2v) is 8.64. The van der Waals surface area contributed by atoms with Crippen molar-refractivity contribution >= 4 is 27.0 Å². The molecule has 0 radical (unpaired) electrons. The summed E-state index contributed by atoms with van der Waals surface area (Å²) in [4.78, 5) is 16.8. The van der Waals surface area contributed by atoms with Crippen LogP contribution in [0.1, 0.15) is 46.4 Å². The summed E-state index contributed by atoms with van der Waals surface area (Å²) in [5, 5.41) is 2.95. The van der Waals surface area contributed by atoms with Crippen molar-refractivity contribution in [2.75, 3.05) is 13.1 Å². The van der Waals surface area contributed by atoms with Gasteiger partial charge in [0.25, 0.3) is 0 Å². The molecule has 27 heavy (non-hydrogen) atoms. The van der Waals surface area contributed by atoms with Gasteiger partial charge in [-0.25, -0.2) is 13.4 Å². The summed E-state index contributed by atoms with van der Waals surface area (Å²) in [5.41, 5.74) is 1.48. The molecule has 1 amide bonds. The van der Waals surface area contributed by atoms with Crippen molar-refractivity contribution in [1.82, 2.24) is 19.2 Å². The van der Waals surface area contributed by atoms with Crippen LogP contribution in [0.5, 0.6) is 0 Å². The van der Waals surface area contributed by atoms with E-state index in [0.29, 0.717) is 31.4 Å². The van der Waals surface area contributed by atoms with Crippen LogP contribution in [-0.4, -0.2) is 47.3 Å². The average Bonchev–Trinajstić information content (AvgIpc) is 2.96. The maximum Gasteiger partial charge on any atom is 0.243 e. The number of imidazole rings is 1. The molecule has 0 spiro atoms. The van der Waals surface area contributed by atoms with Crippen LogP contribution in [0.3, 0.4) is 0 Å². The van der Waals surface area contributed by atoms with E-state index in [1.807, 2.05) is 39.3 Å². The largest absolute Gasteiger partial charge is 0.354 e. The monoisotopic (exact) mass is 394 g/mol. The van der Waals surface area contributed by atoms with Gasteiger partial charge in [-0.15, -0.1) is 0 Å². The van der Waals surface area contributed by atoms with Crippen LogP contribution >= 0.6 is 0 Å².